The first-order valence-corrected chi connectivity index (χ1v) is 5.05. The topological polar surface area (TPSA) is 49.6 Å². The Labute approximate surface area is 79.6 Å². The van der Waals surface area contributed by atoms with Gasteiger partial charge in [-0.3, -0.25) is 9.80 Å². The van der Waals surface area contributed by atoms with Gasteiger partial charge in [0.25, 0.3) is 0 Å². The van der Waals surface area contributed by atoms with Crippen molar-refractivity contribution in [1.29, 1.82) is 0 Å². The molecule has 0 unspecified atom stereocenters. The van der Waals surface area contributed by atoms with Gasteiger partial charge in [-0.05, 0) is 19.4 Å². The van der Waals surface area contributed by atoms with Crippen molar-refractivity contribution in [3.8, 4) is 0 Å². The van der Waals surface area contributed by atoms with Crippen LogP contribution in [-0.2, 0) is 4.79 Å². The Morgan fingerprint density at radius 3 is 2.92 bits per heavy atom. The molecule has 2 N–H and O–H groups in total. The minimum Gasteiger partial charge on any atom is -0.330 e. The predicted octanol–water partition coefficient (Wildman–Crippen LogP) is 0.195. The van der Waals surface area contributed by atoms with Gasteiger partial charge in [0, 0.05) is 26.1 Å². The zero-order chi connectivity index (χ0) is 9.68. The zero-order valence-corrected chi connectivity index (χ0v) is 8.33. The molecule has 1 amide bonds. The van der Waals surface area contributed by atoms with Crippen molar-refractivity contribution >= 4 is 5.91 Å². The van der Waals surface area contributed by atoms with Crippen molar-refractivity contribution in [2.75, 3.05) is 26.2 Å². The van der Waals surface area contributed by atoms with Crippen LogP contribution in [0.2, 0.25) is 0 Å². The Morgan fingerprint density at radius 2 is 2.31 bits per heavy atom. The molecule has 0 bridgehead atoms. The first kappa shape index (κ1) is 10.5. The Bertz CT molecular complexity index is 172. The molecule has 0 radical (unpaired) electrons. The number of amides is 1. The van der Waals surface area contributed by atoms with Crippen molar-refractivity contribution < 1.29 is 4.79 Å². The fourth-order valence-corrected chi connectivity index (χ4v) is 1.66. The summed E-state index contributed by atoms with van der Waals surface area (Å²) in [5, 5.41) is 3.97. The Morgan fingerprint density at radius 1 is 1.54 bits per heavy atom. The first-order valence-electron chi connectivity index (χ1n) is 5.05. The maximum Gasteiger partial charge on any atom is 0.236 e. The average molecular weight is 185 g/mol. The minimum atomic E-state index is 0.251. The number of hydrogen-bond acceptors (Lipinski definition) is 3. The van der Waals surface area contributed by atoms with E-state index in [1.54, 1.807) is 0 Å². The van der Waals surface area contributed by atoms with Gasteiger partial charge in [-0.15, -0.1) is 0 Å². The molecule has 4 nitrogen and oxygen atoms in total. The molecular formula is C9H19N3O. The van der Waals surface area contributed by atoms with Gasteiger partial charge < -0.3 is 5.73 Å². The van der Waals surface area contributed by atoms with Crippen LogP contribution < -0.4 is 5.73 Å². The number of hydrogen-bond donors (Lipinski definition) is 1. The van der Waals surface area contributed by atoms with E-state index in [-0.39, 0.29) is 5.91 Å². The van der Waals surface area contributed by atoms with Gasteiger partial charge in [0.2, 0.25) is 5.91 Å². The Hall–Kier alpha value is -0.610. The van der Waals surface area contributed by atoms with Crippen molar-refractivity contribution in [1.82, 2.24) is 10.0 Å². The van der Waals surface area contributed by atoms with Gasteiger partial charge >= 0.3 is 0 Å². The van der Waals surface area contributed by atoms with Gasteiger partial charge in [-0.2, -0.15) is 0 Å². The van der Waals surface area contributed by atoms with Crippen molar-refractivity contribution in [3.05, 3.63) is 0 Å². The van der Waals surface area contributed by atoms with Crippen LogP contribution in [0.4, 0.5) is 0 Å². The van der Waals surface area contributed by atoms with Gasteiger partial charge in [-0.1, -0.05) is 6.92 Å². The predicted molar refractivity (Wildman–Crippen MR) is 51.9 cm³/mol. The first-order chi connectivity index (χ1) is 6.29. The summed E-state index contributed by atoms with van der Waals surface area (Å²) in [5.41, 5.74) is 5.42. The fraction of sp³-hybridized carbons (Fsp3) is 0.889. The summed E-state index contributed by atoms with van der Waals surface area (Å²) in [7, 11) is 0. The number of rotatable bonds is 4. The molecule has 1 aliphatic rings. The zero-order valence-electron chi connectivity index (χ0n) is 8.33. The van der Waals surface area contributed by atoms with Crippen molar-refractivity contribution in [3.63, 3.8) is 0 Å². The highest BCUT2D eigenvalue weighted by Crippen LogP contribution is 2.11. The monoisotopic (exact) mass is 185 g/mol. The van der Waals surface area contributed by atoms with E-state index in [1.807, 2.05) is 5.01 Å². The molecule has 0 aromatic heterocycles. The second-order valence-corrected chi connectivity index (χ2v) is 3.31. The minimum absolute atomic E-state index is 0.251. The highest BCUT2D eigenvalue weighted by Gasteiger charge is 2.23. The van der Waals surface area contributed by atoms with Crippen LogP contribution >= 0.6 is 0 Å². The number of nitrogens with zero attached hydrogens (tertiary/aromatic N) is 2. The average Bonchev–Trinajstić information content (AvgIpc) is 2.15. The molecular weight excluding hydrogens is 166 g/mol. The lowest BCUT2D eigenvalue weighted by Gasteiger charge is -2.37. The highest BCUT2D eigenvalue weighted by atomic mass is 16.2. The third-order valence-electron chi connectivity index (χ3n) is 2.38. The van der Waals surface area contributed by atoms with Gasteiger partial charge in [0.15, 0.2) is 0 Å². The molecule has 0 spiro atoms. The summed E-state index contributed by atoms with van der Waals surface area (Å²) in [6.07, 6.45) is 2.58. The Kier molecular flexibility index (Phi) is 4.18. The molecule has 0 saturated carbocycles. The van der Waals surface area contributed by atoms with E-state index < -0.39 is 0 Å². The maximum atomic E-state index is 11.5. The molecule has 4 heteroatoms. The largest absolute Gasteiger partial charge is 0.330 e. The molecule has 1 aliphatic heterocycles. The van der Waals surface area contributed by atoms with Gasteiger partial charge in [0.1, 0.15) is 0 Å². The van der Waals surface area contributed by atoms with E-state index in [4.69, 9.17) is 5.73 Å². The molecule has 1 saturated heterocycles. The van der Waals surface area contributed by atoms with E-state index in [0.717, 1.165) is 32.5 Å². The van der Waals surface area contributed by atoms with Crippen LogP contribution in [-0.4, -0.2) is 42.1 Å². The quantitative estimate of drug-likeness (QED) is 0.680. The molecule has 1 fully saturated rings. The SMILES string of the molecule is CCN1CCCC(=O)N1CCCN. The summed E-state index contributed by atoms with van der Waals surface area (Å²) in [4.78, 5) is 11.5. The molecule has 0 aliphatic carbocycles. The molecule has 76 valence electrons. The molecule has 13 heavy (non-hydrogen) atoms. The number of hydrazine groups is 1. The molecule has 0 aromatic carbocycles. The second-order valence-electron chi connectivity index (χ2n) is 3.31. The Balaban J connectivity index is 2.46. The lowest BCUT2D eigenvalue weighted by Crippen LogP contribution is -2.50. The number of carbonyl (C=O) groups is 1. The van der Waals surface area contributed by atoms with Crippen LogP contribution in [0.15, 0.2) is 0 Å². The van der Waals surface area contributed by atoms with Crippen LogP contribution in [0, 0.1) is 0 Å². The summed E-state index contributed by atoms with van der Waals surface area (Å²) >= 11 is 0. The van der Waals surface area contributed by atoms with Crippen LogP contribution in [0.1, 0.15) is 26.2 Å². The molecule has 0 atom stereocenters. The summed E-state index contributed by atoms with van der Waals surface area (Å²) in [5.74, 6) is 0.251. The maximum absolute atomic E-state index is 11.5. The lowest BCUT2D eigenvalue weighted by molar-refractivity contribution is -0.155. The normalized spacial score (nSPS) is 19.5. The standard InChI is InChI=1S/C9H19N3O/c1-2-11-7-3-5-9(13)12(11)8-4-6-10/h2-8,10H2,1H3. The second kappa shape index (κ2) is 5.19. The van der Waals surface area contributed by atoms with Crippen LogP contribution in [0.5, 0.6) is 0 Å². The summed E-state index contributed by atoms with van der Waals surface area (Å²) < 4.78 is 0. The van der Waals surface area contributed by atoms with Crippen LogP contribution in [0.3, 0.4) is 0 Å². The van der Waals surface area contributed by atoms with Gasteiger partial charge in [-0.25, -0.2) is 5.01 Å². The van der Waals surface area contributed by atoms with E-state index in [2.05, 4.69) is 11.9 Å². The van der Waals surface area contributed by atoms with E-state index >= 15 is 0 Å². The molecule has 1 heterocycles. The number of carbonyl (C=O) groups excluding carboxylic acids is 1. The molecule has 0 aromatic rings. The number of nitrogens with two attached hydrogens (primary N) is 1. The third kappa shape index (κ3) is 2.67. The van der Waals surface area contributed by atoms with Crippen molar-refractivity contribution in [2.24, 2.45) is 5.73 Å². The summed E-state index contributed by atoms with van der Waals surface area (Å²) in [6.45, 7) is 5.43. The van der Waals surface area contributed by atoms with Gasteiger partial charge in [0.05, 0.1) is 0 Å². The summed E-state index contributed by atoms with van der Waals surface area (Å²) in [6, 6.07) is 0. The smallest absolute Gasteiger partial charge is 0.236 e. The lowest BCUT2D eigenvalue weighted by atomic mass is 10.2. The van der Waals surface area contributed by atoms with E-state index in [1.165, 1.54) is 0 Å². The molecule has 1 rings (SSSR count). The van der Waals surface area contributed by atoms with E-state index in [9.17, 15) is 4.79 Å². The highest BCUT2D eigenvalue weighted by molar-refractivity contribution is 5.76. The van der Waals surface area contributed by atoms with Crippen LogP contribution in [0.25, 0.3) is 0 Å². The van der Waals surface area contributed by atoms with Crippen molar-refractivity contribution in [2.45, 2.75) is 26.2 Å². The fourth-order valence-electron chi connectivity index (χ4n) is 1.66. The third-order valence-corrected chi connectivity index (χ3v) is 2.38. The van der Waals surface area contributed by atoms with E-state index in [0.29, 0.717) is 13.0 Å².